The normalized spacial score (nSPS) is 13.5. The van der Waals surface area contributed by atoms with Gasteiger partial charge < -0.3 is 15.8 Å². The fraction of sp³-hybridized carbons (Fsp3) is 0.133. The molecular weight excluding hydrogens is 400 g/mol. The maximum absolute atomic E-state index is 11.4. The summed E-state index contributed by atoms with van der Waals surface area (Å²) in [6.07, 6.45) is 1.18. The van der Waals surface area contributed by atoms with Crippen LogP contribution in [0.4, 0.5) is 11.4 Å². The summed E-state index contributed by atoms with van der Waals surface area (Å²) >= 11 is 6.86. The summed E-state index contributed by atoms with van der Waals surface area (Å²) in [4.78, 5) is 11.4. The van der Waals surface area contributed by atoms with Crippen LogP contribution in [-0.2, 0) is 11.2 Å². The molecule has 0 spiro atoms. The lowest BCUT2D eigenvalue weighted by molar-refractivity contribution is -0.116. The van der Waals surface area contributed by atoms with Crippen molar-refractivity contribution in [2.24, 2.45) is 0 Å². The topological polar surface area (TPSA) is 64.3 Å². The predicted octanol–water partition coefficient (Wildman–Crippen LogP) is 4.47. The number of amides is 1. The van der Waals surface area contributed by atoms with Gasteiger partial charge in [0.2, 0.25) is 5.91 Å². The molecule has 2 aromatic rings. The number of fused-ring (bicyclic) bond motifs is 1. The van der Waals surface area contributed by atoms with Crippen molar-refractivity contribution in [1.29, 1.82) is 0 Å². The third-order valence-electron chi connectivity index (χ3n) is 3.24. The van der Waals surface area contributed by atoms with E-state index in [2.05, 4.69) is 37.2 Å². The molecule has 0 aliphatic carbocycles. The molecule has 1 heterocycles. The van der Waals surface area contributed by atoms with Gasteiger partial charge in [0.05, 0.1) is 10.2 Å². The van der Waals surface area contributed by atoms with Gasteiger partial charge in [-0.25, -0.2) is 0 Å². The smallest absolute Gasteiger partial charge is 0.224 e. The van der Waals surface area contributed by atoms with Gasteiger partial charge in [-0.05, 0) is 58.2 Å². The van der Waals surface area contributed by atoms with Crippen LogP contribution in [0.2, 0.25) is 0 Å². The van der Waals surface area contributed by atoms with E-state index in [0.29, 0.717) is 30.0 Å². The Labute approximate surface area is 138 Å². The fourth-order valence-corrected chi connectivity index (χ4v) is 3.32. The summed E-state index contributed by atoms with van der Waals surface area (Å²) < 4.78 is 7.68. The number of aryl methyl sites for hydroxylation is 1. The van der Waals surface area contributed by atoms with E-state index in [1.54, 1.807) is 6.07 Å². The number of hydrogen-bond donors (Lipinski definition) is 2. The van der Waals surface area contributed by atoms with Crippen molar-refractivity contribution in [2.45, 2.75) is 12.8 Å². The van der Waals surface area contributed by atoms with Gasteiger partial charge in [0.15, 0.2) is 5.75 Å². The largest absolute Gasteiger partial charge is 0.454 e. The molecule has 1 amide bonds. The Morgan fingerprint density at radius 2 is 1.90 bits per heavy atom. The molecule has 108 valence electrons. The molecule has 0 atom stereocenters. The van der Waals surface area contributed by atoms with E-state index in [9.17, 15) is 4.79 Å². The van der Waals surface area contributed by atoms with E-state index in [0.717, 1.165) is 20.2 Å². The zero-order valence-electron chi connectivity index (χ0n) is 11.0. The molecule has 0 saturated carbocycles. The molecule has 0 aromatic heterocycles. The molecule has 0 saturated heterocycles. The predicted molar refractivity (Wildman–Crippen MR) is 89.7 cm³/mol. The van der Waals surface area contributed by atoms with E-state index in [4.69, 9.17) is 10.5 Å². The van der Waals surface area contributed by atoms with Gasteiger partial charge in [-0.15, -0.1) is 0 Å². The molecular formula is C15H12Br2N2O2. The van der Waals surface area contributed by atoms with Crippen LogP contribution in [-0.4, -0.2) is 5.91 Å². The van der Waals surface area contributed by atoms with Crippen LogP contribution in [0.3, 0.4) is 0 Å². The van der Waals surface area contributed by atoms with Crippen LogP contribution in [0.1, 0.15) is 12.0 Å². The molecule has 6 heteroatoms. The van der Waals surface area contributed by atoms with Crippen LogP contribution >= 0.6 is 31.9 Å². The monoisotopic (exact) mass is 410 g/mol. The van der Waals surface area contributed by atoms with Crippen molar-refractivity contribution >= 4 is 49.1 Å². The van der Waals surface area contributed by atoms with E-state index in [1.165, 1.54) is 0 Å². The maximum Gasteiger partial charge on any atom is 0.224 e. The average Bonchev–Trinajstić information content (AvgIpc) is 2.42. The second kappa shape index (κ2) is 5.69. The first-order valence-electron chi connectivity index (χ1n) is 6.38. The van der Waals surface area contributed by atoms with Gasteiger partial charge in [0.1, 0.15) is 5.75 Å². The molecule has 0 bridgehead atoms. The number of nitrogens with one attached hydrogen (secondary N) is 1. The van der Waals surface area contributed by atoms with E-state index >= 15 is 0 Å². The minimum atomic E-state index is 0.0197. The third kappa shape index (κ3) is 3.06. The summed E-state index contributed by atoms with van der Waals surface area (Å²) in [5.41, 5.74) is 8.31. The molecule has 0 unspecified atom stereocenters. The third-order valence-corrected chi connectivity index (χ3v) is 4.36. The van der Waals surface area contributed by atoms with Crippen molar-refractivity contribution in [1.82, 2.24) is 0 Å². The van der Waals surface area contributed by atoms with Crippen LogP contribution in [0.15, 0.2) is 39.3 Å². The highest BCUT2D eigenvalue weighted by Crippen LogP contribution is 2.38. The lowest BCUT2D eigenvalue weighted by Gasteiger charge is -2.19. The number of nitrogen functional groups attached to an aromatic ring is 1. The number of carbonyl (C=O) groups is 1. The molecule has 2 aromatic carbocycles. The lowest BCUT2D eigenvalue weighted by Crippen LogP contribution is -2.19. The standard InChI is InChI=1S/C15H12Br2N2O2/c16-9-2-3-13(10(17)6-9)21-14-5-8-1-4-15(20)19-12(8)7-11(14)18/h2-3,5-7H,1,4,18H2,(H,19,20). The molecule has 3 rings (SSSR count). The number of carbonyl (C=O) groups excluding carboxylic acids is 1. The summed E-state index contributed by atoms with van der Waals surface area (Å²) in [5, 5.41) is 2.82. The molecule has 4 nitrogen and oxygen atoms in total. The summed E-state index contributed by atoms with van der Waals surface area (Å²) in [5.74, 6) is 1.30. The van der Waals surface area contributed by atoms with Crippen molar-refractivity contribution in [3.05, 3.63) is 44.8 Å². The van der Waals surface area contributed by atoms with Crippen LogP contribution in [0.5, 0.6) is 11.5 Å². The molecule has 0 fully saturated rings. The summed E-state index contributed by atoms with van der Waals surface area (Å²) in [6, 6.07) is 9.29. The number of ether oxygens (including phenoxy) is 1. The van der Waals surface area contributed by atoms with E-state index < -0.39 is 0 Å². The molecule has 21 heavy (non-hydrogen) atoms. The zero-order chi connectivity index (χ0) is 15.0. The van der Waals surface area contributed by atoms with Gasteiger partial charge in [-0.1, -0.05) is 15.9 Å². The number of anilines is 2. The molecule has 1 aliphatic rings. The van der Waals surface area contributed by atoms with Crippen molar-refractivity contribution in [3.8, 4) is 11.5 Å². The Bertz CT molecular complexity index is 732. The number of hydrogen-bond acceptors (Lipinski definition) is 3. The summed E-state index contributed by atoms with van der Waals surface area (Å²) in [7, 11) is 0. The van der Waals surface area contributed by atoms with Crippen LogP contribution < -0.4 is 15.8 Å². The Morgan fingerprint density at radius 3 is 2.67 bits per heavy atom. The highest BCUT2D eigenvalue weighted by molar-refractivity contribution is 9.11. The Kier molecular flexibility index (Phi) is 3.91. The highest BCUT2D eigenvalue weighted by Gasteiger charge is 2.17. The van der Waals surface area contributed by atoms with E-state index in [1.807, 2.05) is 24.3 Å². The second-order valence-electron chi connectivity index (χ2n) is 4.77. The van der Waals surface area contributed by atoms with E-state index in [-0.39, 0.29) is 5.91 Å². The van der Waals surface area contributed by atoms with Gasteiger partial charge in [0.25, 0.3) is 0 Å². The first-order valence-corrected chi connectivity index (χ1v) is 7.96. The highest BCUT2D eigenvalue weighted by atomic mass is 79.9. The van der Waals surface area contributed by atoms with Gasteiger partial charge in [-0.2, -0.15) is 0 Å². The Balaban J connectivity index is 1.94. The fourth-order valence-electron chi connectivity index (χ4n) is 2.19. The van der Waals surface area contributed by atoms with Crippen LogP contribution in [0, 0.1) is 0 Å². The van der Waals surface area contributed by atoms with Crippen molar-refractivity contribution in [2.75, 3.05) is 11.1 Å². The maximum atomic E-state index is 11.4. The minimum absolute atomic E-state index is 0.0197. The van der Waals surface area contributed by atoms with Gasteiger partial charge in [0, 0.05) is 16.6 Å². The Morgan fingerprint density at radius 1 is 1.10 bits per heavy atom. The van der Waals surface area contributed by atoms with Gasteiger partial charge in [-0.3, -0.25) is 4.79 Å². The second-order valence-corrected chi connectivity index (χ2v) is 6.54. The Hall–Kier alpha value is -1.53. The van der Waals surface area contributed by atoms with Crippen LogP contribution in [0.25, 0.3) is 0 Å². The lowest BCUT2D eigenvalue weighted by atomic mass is 10.0. The molecule has 1 aliphatic heterocycles. The van der Waals surface area contributed by atoms with Crippen molar-refractivity contribution in [3.63, 3.8) is 0 Å². The number of halogens is 2. The number of nitrogens with two attached hydrogens (primary N) is 1. The quantitative estimate of drug-likeness (QED) is 0.716. The minimum Gasteiger partial charge on any atom is -0.454 e. The van der Waals surface area contributed by atoms with Gasteiger partial charge >= 0.3 is 0 Å². The average molecular weight is 412 g/mol. The summed E-state index contributed by atoms with van der Waals surface area (Å²) in [6.45, 7) is 0. The zero-order valence-corrected chi connectivity index (χ0v) is 14.1. The molecule has 0 radical (unpaired) electrons. The number of benzene rings is 2. The first kappa shape index (κ1) is 14.4. The van der Waals surface area contributed by atoms with Crippen molar-refractivity contribution < 1.29 is 9.53 Å². The number of rotatable bonds is 2. The first-order chi connectivity index (χ1) is 10.0. The molecule has 3 N–H and O–H groups in total. The SMILES string of the molecule is Nc1cc2c(cc1Oc1ccc(Br)cc1Br)CCC(=O)N2.